The highest BCUT2D eigenvalue weighted by Crippen LogP contribution is 2.10. The van der Waals surface area contributed by atoms with E-state index in [0.717, 1.165) is 0 Å². The summed E-state index contributed by atoms with van der Waals surface area (Å²) in [5.41, 5.74) is 0.481. The highest BCUT2D eigenvalue weighted by Gasteiger charge is 2.17. The van der Waals surface area contributed by atoms with Crippen LogP contribution in [-0.4, -0.2) is 40.2 Å². The predicted octanol–water partition coefficient (Wildman–Crippen LogP) is -0.611. The van der Waals surface area contributed by atoms with Crippen LogP contribution in [0.15, 0.2) is 6.07 Å². The molecule has 0 aromatic carbocycles. The maximum absolute atomic E-state index is 11.4. The summed E-state index contributed by atoms with van der Waals surface area (Å²) in [5.74, 6) is -1.39. The molecule has 0 radical (unpaired) electrons. The van der Waals surface area contributed by atoms with E-state index in [1.165, 1.54) is 17.9 Å². The van der Waals surface area contributed by atoms with Crippen molar-refractivity contribution in [2.45, 2.75) is 13.5 Å². The van der Waals surface area contributed by atoms with Gasteiger partial charge in [-0.1, -0.05) is 0 Å². The number of methoxy groups -OCH3 is 1. The smallest absolute Gasteiger partial charge is 0.390 e. The molecule has 9 nitrogen and oxygen atoms in total. The van der Waals surface area contributed by atoms with E-state index in [0.29, 0.717) is 5.69 Å². The first-order valence-corrected chi connectivity index (χ1v) is 4.96. The van der Waals surface area contributed by atoms with Gasteiger partial charge in [-0.2, -0.15) is 4.68 Å². The van der Waals surface area contributed by atoms with Gasteiger partial charge in [0.15, 0.2) is 0 Å². The minimum atomic E-state index is -0.643. The molecule has 0 bridgehead atoms. The number of nitrogens with one attached hydrogen (secondary N) is 1. The fourth-order valence-corrected chi connectivity index (χ4v) is 1.18. The van der Waals surface area contributed by atoms with Gasteiger partial charge in [0.1, 0.15) is 13.1 Å². The molecule has 0 aliphatic rings. The largest absolute Gasteiger partial charge is 0.468 e. The average Bonchev–Trinajstić information content (AvgIpc) is 2.68. The molecule has 0 saturated heterocycles. The molecule has 1 amide bonds. The number of amides is 1. The molecular formula is C9H12N4O5. The summed E-state index contributed by atoms with van der Waals surface area (Å²) >= 11 is 0. The lowest BCUT2D eigenvalue weighted by atomic mass is 10.4. The molecule has 1 N–H and O–H groups in total. The number of aromatic nitrogens is 2. The van der Waals surface area contributed by atoms with Gasteiger partial charge in [0.2, 0.25) is 5.91 Å². The van der Waals surface area contributed by atoms with Crippen molar-refractivity contribution in [1.29, 1.82) is 0 Å². The Balaban J connectivity index is 2.59. The SMILES string of the molecule is COC(=O)CNC(=O)Cn1nc([N+](=O)[O-])cc1C. The molecule has 0 fully saturated rings. The Labute approximate surface area is 102 Å². The zero-order valence-corrected chi connectivity index (χ0v) is 9.87. The van der Waals surface area contributed by atoms with Crippen LogP contribution in [0.4, 0.5) is 5.82 Å². The third-order valence-electron chi connectivity index (χ3n) is 2.11. The second-order valence-corrected chi connectivity index (χ2v) is 3.41. The fraction of sp³-hybridized carbons (Fsp3) is 0.444. The van der Waals surface area contributed by atoms with Crippen LogP contribution in [0.5, 0.6) is 0 Å². The van der Waals surface area contributed by atoms with E-state index in [4.69, 9.17) is 0 Å². The van der Waals surface area contributed by atoms with Gasteiger partial charge < -0.3 is 20.2 Å². The predicted molar refractivity (Wildman–Crippen MR) is 58.6 cm³/mol. The number of ether oxygens (including phenoxy) is 1. The van der Waals surface area contributed by atoms with Crippen LogP contribution in [-0.2, 0) is 20.9 Å². The summed E-state index contributed by atoms with van der Waals surface area (Å²) in [6.07, 6.45) is 0. The second kappa shape index (κ2) is 5.75. The molecule has 1 aromatic rings. The van der Waals surface area contributed by atoms with Crippen molar-refractivity contribution in [3.63, 3.8) is 0 Å². The Morgan fingerprint density at radius 1 is 1.61 bits per heavy atom. The van der Waals surface area contributed by atoms with Crippen molar-refractivity contribution in [2.24, 2.45) is 0 Å². The maximum atomic E-state index is 11.4. The molecule has 0 unspecified atom stereocenters. The van der Waals surface area contributed by atoms with E-state index in [9.17, 15) is 19.7 Å². The summed E-state index contributed by atoms with van der Waals surface area (Å²) in [6, 6.07) is 1.26. The molecule has 1 rings (SSSR count). The van der Waals surface area contributed by atoms with Crippen LogP contribution < -0.4 is 5.32 Å². The summed E-state index contributed by atoms with van der Waals surface area (Å²) in [6.45, 7) is 1.14. The molecule has 0 saturated carbocycles. The molecular weight excluding hydrogens is 244 g/mol. The monoisotopic (exact) mass is 256 g/mol. The van der Waals surface area contributed by atoms with Crippen LogP contribution in [0.25, 0.3) is 0 Å². The Bertz CT molecular complexity index is 481. The molecule has 0 spiro atoms. The third kappa shape index (κ3) is 3.54. The van der Waals surface area contributed by atoms with Crippen molar-refractivity contribution in [3.05, 3.63) is 21.9 Å². The highest BCUT2D eigenvalue weighted by atomic mass is 16.6. The van der Waals surface area contributed by atoms with E-state index in [1.807, 2.05) is 0 Å². The zero-order valence-electron chi connectivity index (χ0n) is 9.87. The number of carbonyl (C=O) groups excluding carboxylic acids is 2. The number of rotatable bonds is 5. The lowest BCUT2D eigenvalue weighted by Gasteiger charge is -2.02. The van der Waals surface area contributed by atoms with Crippen molar-refractivity contribution in [2.75, 3.05) is 13.7 Å². The molecule has 0 aliphatic heterocycles. The number of nitrogens with zero attached hydrogens (tertiary/aromatic N) is 3. The zero-order chi connectivity index (χ0) is 13.7. The molecule has 1 heterocycles. The number of hydrogen-bond donors (Lipinski definition) is 1. The first-order chi connectivity index (χ1) is 8.43. The quantitative estimate of drug-likeness (QED) is 0.426. The van der Waals surface area contributed by atoms with E-state index in [1.54, 1.807) is 6.92 Å². The molecule has 18 heavy (non-hydrogen) atoms. The number of nitro groups is 1. The Morgan fingerprint density at radius 2 is 2.28 bits per heavy atom. The molecule has 9 heteroatoms. The second-order valence-electron chi connectivity index (χ2n) is 3.41. The van der Waals surface area contributed by atoms with Crippen molar-refractivity contribution < 1.29 is 19.2 Å². The van der Waals surface area contributed by atoms with Crippen molar-refractivity contribution >= 4 is 17.7 Å². The van der Waals surface area contributed by atoms with E-state index >= 15 is 0 Å². The minimum absolute atomic E-state index is 0.198. The topological polar surface area (TPSA) is 116 Å². The third-order valence-corrected chi connectivity index (χ3v) is 2.11. The standard InChI is InChI=1S/C9H12N4O5/c1-6-3-7(13(16)17)11-12(6)5-8(14)10-4-9(15)18-2/h3H,4-5H2,1-2H3,(H,10,14). The van der Waals surface area contributed by atoms with E-state index in [-0.39, 0.29) is 18.9 Å². The Hall–Kier alpha value is -2.45. The van der Waals surface area contributed by atoms with Gasteiger partial charge in [-0.15, -0.1) is 0 Å². The Morgan fingerprint density at radius 3 is 2.78 bits per heavy atom. The first kappa shape index (κ1) is 13.6. The van der Waals surface area contributed by atoms with Crippen LogP contribution in [0, 0.1) is 17.0 Å². The van der Waals surface area contributed by atoms with Gasteiger partial charge in [0.25, 0.3) is 0 Å². The number of aryl methyl sites for hydroxylation is 1. The fourth-order valence-electron chi connectivity index (χ4n) is 1.18. The summed E-state index contributed by atoms with van der Waals surface area (Å²) in [4.78, 5) is 32.0. The molecule has 0 atom stereocenters. The van der Waals surface area contributed by atoms with Gasteiger partial charge in [0, 0.05) is 0 Å². The lowest BCUT2D eigenvalue weighted by Crippen LogP contribution is -2.33. The van der Waals surface area contributed by atoms with Crippen molar-refractivity contribution in [3.8, 4) is 0 Å². The summed E-state index contributed by atoms with van der Waals surface area (Å²) in [7, 11) is 1.20. The number of esters is 1. The van der Waals surface area contributed by atoms with Gasteiger partial charge in [-0.25, -0.2) is 0 Å². The van der Waals surface area contributed by atoms with Crippen LogP contribution >= 0.6 is 0 Å². The van der Waals surface area contributed by atoms with Gasteiger partial charge in [-0.3, -0.25) is 9.59 Å². The number of hydrogen-bond acceptors (Lipinski definition) is 6. The van der Waals surface area contributed by atoms with Crippen LogP contribution in [0.3, 0.4) is 0 Å². The lowest BCUT2D eigenvalue weighted by molar-refractivity contribution is -0.389. The molecule has 1 aromatic heterocycles. The van der Waals surface area contributed by atoms with Crippen LogP contribution in [0.2, 0.25) is 0 Å². The first-order valence-electron chi connectivity index (χ1n) is 4.96. The Kier molecular flexibility index (Phi) is 4.35. The summed E-state index contributed by atoms with van der Waals surface area (Å²) < 4.78 is 5.53. The van der Waals surface area contributed by atoms with Gasteiger partial charge >= 0.3 is 11.8 Å². The molecule has 98 valence electrons. The van der Waals surface area contributed by atoms with Gasteiger partial charge in [0.05, 0.1) is 24.0 Å². The normalized spacial score (nSPS) is 9.89. The number of carbonyl (C=O) groups is 2. The van der Waals surface area contributed by atoms with E-state index < -0.39 is 16.8 Å². The highest BCUT2D eigenvalue weighted by molar-refractivity contribution is 5.81. The summed E-state index contributed by atoms with van der Waals surface area (Å²) in [5, 5.41) is 16.4. The van der Waals surface area contributed by atoms with E-state index in [2.05, 4.69) is 15.2 Å². The van der Waals surface area contributed by atoms with Gasteiger partial charge in [-0.05, 0) is 11.8 Å². The average molecular weight is 256 g/mol. The minimum Gasteiger partial charge on any atom is -0.468 e. The maximum Gasteiger partial charge on any atom is 0.390 e. The molecule has 0 aliphatic carbocycles. The van der Waals surface area contributed by atoms with Crippen LogP contribution in [0.1, 0.15) is 5.69 Å². The van der Waals surface area contributed by atoms with Crippen molar-refractivity contribution in [1.82, 2.24) is 15.1 Å².